The van der Waals surface area contributed by atoms with Gasteiger partial charge in [-0.2, -0.15) is 0 Å². The number of hydrogen-bond acceptors (Lipinski definition) is 5. The van der Waals surface area contributed by atoms with Crippen LogP contribution in [-0.2, 0) is 21.9 Å². The van der Waals surface area contributed by atoms with Crippen molar-refractivity contribution in [1.29, 1.82) is 0 Å². The molecule has 0 spiro atoms. The molecule has 0 atom stereocenters. The van der Waals surface area contributed by atoms with E-state index < -0.39 is 0 Å². The van der Waals surface area contributed by atoms with Crippen molar-refractivity contribution >= 4 is 29.1 Å². The third-order valence-electron chi connectivity index (χ3n) is 4.85. The molecule has 0 saturated heterocycles. The Morgan fingerprint density at radius 1 is 0.903 bits per heavy atom. The lowest BCUT2D eigenvalue weighted by atomic mass is 10.1. The van der Waals surface area contributed by atoms with Crippen molar-refractivity contribution in [2.45, 2.75) is 19.2 Å². The Bertz CT molecular complexity index is 1100. The zero-order valence-electron chi connectivity index (χ0n) is 17.2. The second-order valence-electron chi connectivity index (χ2n) is 6.95. The molecule has 1 aromatic heterocycles. The third kappa shape index (κ3) is 4.70. The van der Waals surface area contributed by atoms with E-state index in [0.29, 0.717) is 34.1 Å². The fourth-order valence-electron chi connectivity index (χ4n) is 3.35. The Labute approximate surface area is 185 Å². The molecule has 1 aliphatic heterocycles. The average Bonchev–Trinajstić information content (AvgIpc) is 3.04. The van der Waals surface area contributed by atoms with Crippen molar-refractivity contribution in [2.75, 3.05) is 6.61 Å². The molecule has 0 aliphatic carbocycles. The maximum Gasteiger partial charge on any atom is 0.268 e. The van der Waals surface area contributed by atoms with Crippen LogP contribution in [0.2, 0.25) is 0 Å². The summed E-state index contributed by atoms with van der Waals surface area (Å²) in [5, 5.41) is 0. The molecular formula is C25H22N2O3S. The summed E-state index contributed by atoms with van der Waals surface area (Å²) in [7, 11) is 0. The molecule has 5 nitrogen and oxygen atoms in total. The quantitative estimate of drug-likeness (QED) is 0.485. The fraction of sp³-hybridized carbons (Fsp3) is 0.160. The van der Waals surface area contributed by atoms with Gasteiger partial charge in [-0.1, -0.05) is 48.5 Å². The summed E-state index contributed by atoms with van der Waals surface area (Å²) in [5.41, 5.74) is 2.91. The smallest absolute Gasteiger partial charge is 0.268 e. The normalized spacial score (nSPS) is 13.8. The lowest BCUT2D eigenvalue weighted by Crippen LogP contribution is -2.31. The van der Waals surface area contributed by atoms with Crippen molar-refractivity contribution in [2.24, 2.45) is 0 Å². The Morgan fingerprint density at radius 2 is 1.65 bits per heavy atom. The lowest BCUT2D eigenvalue weighted by Gasteiger charge is -2.14. The van der Waals surface area contributed by atoms with Crippen LogP contribution < -0.4 is 4.74 Å². The Morgan fingerprint density at radius 3 is 2.32 bits per heavy atom. The SMILES string of the molecule is CCOc1ccc(C2=C(SCc3ccccc3)C(=O)N(Cc3ccccn3)C2=O)cc1. The van der Waals surface area contributed by atoms with E-state index in [-0.39, 0.29) is 18.4 Å². The van der Waals surface area contributed by atoms with Gasteiger partial charge in [0.15, 0.2) is 0 Å². The molecule has 2 aromatic carbocycles. The number of rotatable bonds is 8. The molecule has 156 valence electrons. The number of imide groups is 1. The van der Waals surface area contributed by atoms with E-state index in [1.54, 1.807) is 6.20 Å². The summed E-state index contributed by atoms with van der Waals surface area (Å²) >= 11 is 1.40. The summed E-state index contributed by atoms with van der Waals surface area (Å²) < 4.78 is 5.51. The predicted molar refractivity (Wildman–Crippen MR) is 122 cm³/mol. The minimum atomic E-state index is -0.296. The van der Waals surface area contributed by atoms with Crippen LogP contribution in [0.25, 0.3) is 5.57 Å². The number of benzene rings is 2. The molecule has 0 bridgehead atoms. The first-order valence-electron chi connectivity index (χ1n) is 10.1. The van der Waals surface area contributed by atoms with E-state index >= 15 is 0 Å². The molecule has 4 rings (SSSR count). The molecule has 0 N–H and O–H groups in total. The van der Waals surface area contributed by atoms with Crippen molar-refractivity contribution < 1.29 is 14.3 Å². The lowest BCUT2D eigenvalue weighted by molar-refractivity contribution is -0.137. The van der Waals surface area contributed by atoms with Crippen molar-refractivity contribution in [3.8, 4) is 5.75 Å². The maximum atomic E-state index is 13.3. The van der Waals surface area contributed by atoms with Crippen LogP contribution in [0.3, 0.4) is 0 Å². The minimum Gasteiger partial charge on any atom is -0.494 e. The van der Waals surface area contributed by atoms with Gasteiger partial charge in [-0.3, -0.25) is 19.5 Å². The highest BCUT2D eigenvalue weighted by atomic mass is 32.2. The van der Waals surface area contributed by atoms with E-state index in [4.69, 9.17) is 4.74 Å². The summed E-state index contributed by atoms with van der Waals surface area (Å²) in [4.78, 5) is 32.6. The molecule has 2 heterocycles. The van der Waals surface area contributed by atoms with Crippen LogP contribution in [0, 0.1) is 0 Å². The van der Waals surface area contributed by atoms with Crippen LogP contribution in [0.15, 0.2) is 83.9 Å². The number of ether oxygens (including phenoxy) is 1. The minimum absolute atomic E-state index is 0.147. The van der Waals surface area contributed by atoms with Gasteiger partial charge in [0, 0.05) is 11.9 Å². The first kappa shape index (κ1) is 20.9. The number of pyridine rings is 1. The van der Waals surface area contributed by atoms with E-state index in [1.807, 2.05) is 79.7 Å². The van der Waals surface area contributed by atoms with E-state index in [0.717, 1.165) is 11.3 Å². The first-order chi connectivity index (χ1) is 15.2. The molecular weight excluding hydrogens is 408 g/mol. The van der Waals surface area contributed by atoms with Gasteiger partial charge < -0.3 is 4.74 Å². The number of hydrogen-bond donors (Lipinski definition) is 0. The topological polar surface area (TPSA) is 59.5 Å². The van der Waals surface area contributed by atoms with Crippen LogP contribution in [-0.4, -0.2) is 28.3 Å². The molecule has 0 radical (unpaired) electrons. The van der Waals surface area contributed by atoms with Gasteiger partial charge in [0.1, 0.15) is 5.75 Å². The van der Waals surface area contributed by atoms with E-state index in [2.05, 4.69) is 4.98 Å². The fourth-order valence-corrected chi connectivity index (χ4v) is 4.44. The summed E-state index contributed by atoms with van der Waals surface area (Å²) in [6, 6.07) is 22.7. The van der Waals surface area contributed by atoms with Gasteiger partial charge in [0.2, 0.25) is 0 Å². The molecule has 0 unspecified atom stereocenters. The standard InChI is InChI=1S/C25H22N2O3S/c1-2-30-21-13-11-19(12-14-21)22-23(31-17-18-8-4-3-5-9-18)25(29)27(24(22)28)16-20-10-6-7-15-26-20/h3-15H,2,16-17H2,1H3. The zero-order valence-corrected chi connectivity index (χ0v) is 18.0. The maximum absolute atomic E-state index is 13.3. The molecule has 0 saturated carbocycles. The van der Waals surface area contributed by atoms with Gasteiger partial charge in [0.05, 0.1) is 29.3 Å². The van der Waals surface area contributed by atoms with E-state index in [1.165, 1.54) is 16.7 Å². The number of carbonyl (C=O) groups is 2. The van der Waals surface area contributed by atoms with Crippen LogP contribution in [0.1, 0.15) is 23.7 Å². The average molecular weight is 431 g/mol. The van der Waals surface area contributed by atoms with Crippen LogP contribution in [0.5, 0.6) is 5.75 Å². The highest BCUT2D eigenvalue weighted by Gasteiger charge is 2.39. The predicted octanol–water partition coefficient (Wildman–Crippen LogP) is 4.69. The van der Waals surface area contributed by atoms with Gasteiger partial charge >= 0.3 is 0 Å². The summed E-state index contributed by atoms with van der Waals surface area (Å²) in [5.74, 6) is 0.760. The molecule has 2 amide bonds. The second-order valence-corrected chi connectivity index (χ2v) is 7.94. The molecule has 31 heavy (non-hydrogen) atoms. The third-order valence-corrected chi connectivity index (χ3v) is 6.00. The van der Waals surface area contributed by atoms with Gasteiger partial charge in [-0.05, 0) is 42.3 Å². The van der Waals surface area contributed by atoms with Crippen LogP contribution in [0.4, 0.5) is 0 Å². The van der Waals surface area contributed by atoms with Crippen molar-refractivity contribution in [1.82, 2.24) is 9.88 Å². The first-order valence-corrected chi connectivity index (χ1v) is 11.1. The summed E-state index contributed by atoms with van der Waals surface area (Å²) in [6.45, 7) is 2.63. The number of nitrogens with zero attached hydrogens (tertiary/aromatic N) is 2. The Hall–Kier alpha value is -3.38. The Balaban J connectivity index is 1.66. The highest BCUT2D eigenvalue weighted by Crippen LogP contribution is 2.38. The van der Waals surface area contributed by atoms with Gasteiger partial charge in [-0.15, -0.1) is 11.8 Å². The Kier molecular flexibility index (Phi) is 6.48. The monoisotopic (exact) mass is 430 g/mol. The molecule has 3 aromatic rings. The van der Waals surface area contributed by atoms with Crippen LogP contribution >= 0.6 is 11.8 Å². The molecule has 1 aliphatic rings. The number of amides is 2. The van der Waals surface area contributed by atoms with Gasteiger partial charge in [-0.25, -0.2) is 0 Å². The zero-order chi connectivity index (χ0) is 21.6. The van der Waals surface area contributed by atoms with E-state index in [9.17, 15) is 9.59 Å². The second kappa shape index (κ2) is 9.62. The van der Waals surface area contributed by atoms with Crippen molar-refractivity contribution in [3.05, 3.63) is 101 Å². The number of aromatic nitrogens is 1. The molecule has 6 heteroatoms. The molecule has 0 fully saturated rings. The largest absolute Gasteiger partial charge is 0.494 e. The van der Waals surface area contributed by atoms with Gasteiger partial charge in [0.25, 0.3) is 11.8 Å². The number of carbonyl (C=O) groups excluding carboxylic acids is 2. The summed E-state index contributed by atoms with van der Waals surface area (Å²) in [6.07, 6.45) is 1.66. The highest BCUT2D eigenvalue weighted by molar-refractivity contribution is 8.03. The van der Waals surface area contributed by atoms with Crippen molar-refractivity contribution in [3.63, 3.8) is 0 Å². The number of thioether (sulfide) groups is 1.